The first-order chi connectivity index (χ1) is 17.5. The molecule has 1 aromatic heterocycles. The van der Waals surface area contributed by atoms with Gasteiger partial charge in [0.1, 0.15) is 18.1 Å². The number of methoxy groups -OCH3 is 1. The maximum absolute atomic E-state index is 13.3. The third-order valence-electron chi connectivity index (χ3n) is 6.41. The molecule has 0 spiro atoms. The van der Waals surface area contributed by atoms with Crippen LogP contribution in [-0.4, -0.2) is 85.3 Å². The first-order valence-corrected chi connectivity index (χ1v) is 12.1. The van der Waals surface area contributed by atoms with Crippen molar-refractivity contribution in [2.45, 2.75) is 38.6 Å². The summed E-state index contributed by atoms with van der Waals surface area (Å²) in [5.74, 6) is -0.644. The molecule has 1 aliphatic heterocycles. The number of halogens is 3. The Morgan fingerprint density at radius 1 is 1.22 bits per heavy atom. The Kier molecular flexibility index (Phi) is 9.50. The van der Waals surface area contributed by atoms with E-state index in [1.807, 2.05) is 6.92 Å². The molecule has 3 atom stereocenters. The minimum absolute atomic E-state index is 0.0455. The molecule has 2 amide bonds. The van der Waals surface area contributed by atoms with E-state index in [2.05, 4.69) is 10.3 Å². The van der Waals surface area contributed by atoms with Gasteiger partial charge in [0.25, 0.3) is 11.8 Å². The molecule has 2 aromatic rings. The number of fused-ring (bicyclic) bond motifs is 1. The maximum atomic E-state index is 13.3. The van der Waals surface area contributed by atoms with E-state index in [0.717, 1.165) is 0 Å². The molecule has 1 N–H and O–H groups in total. The Labute approximate surface area is 214 Å². The smallest absolute Gasteiger partial charge is 0.390 e. The summed E-state index contributed by atoms with van der Waals surface area (Å²) in [6, 6.07) is 9.27. The van der Waals surface area contributed by atoms with E-state index >= 15 is 0 Å². The Morgan fingerprint density at radius 2 is 1.97 bits per heavy atom. The van der Waals surface area contributed by atoms with Gasteiger partial charge in [-0.1, -0.05) is 13.0 Å². The second kappa shape index (κ2) is 12.4. The lowest BCUT2D eigenvalue weighted by Crippen LogP contribution is -2.47. The molecule has 2 heterocycles. The number of nitrogens with zero attached hydrogens (tertiary/aromatic N) is 3. The quantitative estimate of drug-likeness (QED) is 0.637. The van der Waals surface area contributed by atoms with Crippen LogP contribution in [0.4, 0.5) is 18.9 Å². The molecule has 1 aromatic carbocycles. The molecule has 0 radical (unpaired) electrons. The van der Waals surface area contributed by atoms with Gasteiger partial charge in [-0.3, -0.25) is 19.5 Å². The minimum Gasteiger partial charge on any atom is -0.491 e. The summed E-state index contributed by atoms with van der Waals surface area (Å²) >= 11 is 0. The van der Waals surface area contributed by atoms with Gasteiger partial charge >= 0.3 is 6.18 Å². The van der Waals surface area contributed by atoms with Gasteiger partial charge < -0.3 is 19.7 Å². The molecule has 202 valence electrons. The third kappa shape index (κ3) is 7.90. The van der Waals surface area contributed by atoms with Crippen molar-refractivity contribution >= 4 is 17.5 Å². The van der Waals surface area contributed by atoms with Gasteiger partial charge in [-0.15, -0.1) is 0 Å². The summed E-state index contributed by atoms with van der Waals surface area (Å²) in [5, 5.41) is 2.74. The molecule has 8 nitrogen and oxygen atoms in total. The van der Waals surface area contributed by atoms with Crippen molar-refractivity contribution in [3.05, 3.63) is 53.9 Å². The van der Waals surface area contributed by atoms with Crippen LogP contribution in [0.2, 0.25) is 0 Å². The number of ether oxygens (including phenoxy) is 2. The highest BCUT2D eigenvalue weighted by Gasteiger charge is 2.32. The molecule has 3 rings (SSSR count). The number of alkyl halides is 3. The molecular formula is C26H33F3N4O4. The average Bonchev–Trinajstić information content (AvgIpc) is 2.87. The standard InChI is InChI=1S/C26H33F3N4O4/c1-17-14-33(12-10-26(27,28)29)18(2)16-37-22-13-19(31-24(34)21-7-5-6-11-30-21)8-9-20(22)25(35)32(3)15-23(17)36-4/h5-9,11,13,17-18,23H,10,12,14-16H2,1-4H3,(H,31,34)/t17-,18-,23-/m1/s1. The van der Waals surface area contributed by atoms with Crippen LogP contribution >= 0.6 is 0 Å². The largest absolute Gasteiger partial charge is 0.491 e. The molecule has 0 fully saturated rings. The number of benzene rings is 1. The van der Waals surface area contributed by atoms with E-state index < -0.39 is 18.5 Å². The van der Waals surface area contributed by atoms with Gasteiger partial charge in [0.2, 0.25) is 0 Å². The number of carbonyl (C=O) groups is 2. The van der Waals surface area contributed by atoms with Crippen LogP contribution < -0.4 is 10.1 Å². The molecule has 1 aliphatic rings. The van der Waals surface area contributed by atoms with Gasteiger partial charge in [0.15, 0.2) is 0 Å². The lowest BCUT2D eigenvalue weighted by molar-refractivity contribution is -0.140. The number of rotatable bonds is 5. The average molecular weight is 523 g/mol. The molecule has 37 heavy (non-hydrogen) atoms. The van der Waals surface area contributed by atoms with Crippen LogP contribution in [0.25, 0.3) is 0 Å². The zero-order valence-electron chi connectivity index (χ0n) is 21.4. The van der Waals surface area contributed by atoms with E-state index in [1.54, 1.807) is 49.2 Å². The van der Waals surface area contributed by atoms with Crippen LogP contribution in [0.1, 0.15) is 41.1 Å². The number of nitrogens with one attached hydrogen (secondary N) is 1. The second-order valence-corrected chi connectivity index (χ2v) is 9.34. The van der Waals surface area contributed by atoms with E-state index in [4.69, 9.17) is 9.47 Å². The summed E-state index contributed by atoms with van der Waals surface area (Å²) in [4.78, 5) is 33.1. The van der Waals surface area contributed by atoms with Crippen LogP contribution in [0.3, 0.4) is 0 Å². The zero-order chi connectivity index (χ0) is 27.2. The highest BCUT2D eigenvalue weighted by molar-refractivity contribution is 6.03. The van der Waals surface area contributed by atoms with Crippen molar-refractivity contribution in [1.29, 1.82) is 0 Å². The number of likely N-dealkylation sites (N-methyl/N-ethyl adjacent to an activating group) is 1. The molecule has 0 saturated heterocycles. The summed E-state index contributed by atoms with van der Waals surface area (Å²) in [5.41, 5.74) is 0.887. The van der Waals surface area contributed by atoms with E-state index in [-0.39, 0.29) is 60.7 Å². The number of pyridine rings is 1. The van der Waals surface area contributed by atoms with E-state index in [1.165, 1.54) is 24.3 Å². The highest BCUT2D eigenvalue weighted by atomic mass is 19.4. The van der Waals surface area contributed by atoms with Gasteiger partial charge in [0, 0.05) is 57.8 Å². The van der Waals surface area contributed by atoms with Crippen LogP contribution in [0.5, 0.6) is 5.75 Å². The second-order valence-electron chi connectivity index (χ2n) is 9.34. The lowest BCUT2D eigenvalue weighted by Gasteiger charge is -2.36. The van der Waals surface area contributed by atoms with Crippen molar-refractivity contribution in [3.8, 4) is 5.75 Å². The topological polar surface area (TPSA) is 84.0 Å². The number of aromatic nitrogens is 1. The predicted molar refractivity (Wildman–Crippen MR) is 133 cm³/mol. The fourth-order valence-corrected chi connectivity index (χ4v) is 4.20. The number of hydrogen-bond donors (Lipinski definition) is 1. The summed E-state index contributed by atoms with van der Waals surface area (Å²) < 4.78 is 50.7. The predicted octanol–water partition coefficient (Wildman–Crippen LogP) is 4.09. The molecular weight excluding hydrogens is 489 g/mol. The Bertz CT molecular complexity index is 1070. The Hall–Kier alpha value is -3.18. The Morgan fingerprint density at radius 3 is 2.62 bits per heavy atom. The minimum atomic E-state index is -4.28. The first kappa shape index (κ1) is 28.4. The van der Waals surface area contributed by atoms with Crippen LogP contribution in [0, 0.1) is 5.92 Å². The molecule has 0 bridgehead atoms. The summed E-state index contributed by atoms with van der Waals surface area (Å²) in [6.07, 6.45) is -4.10. The maximum Gasteiger partial charge on any atom is 0.390 e. The lowest BCUT2D eigenvalue weighted by atomic mass is 10.0. The molecule has 0 saturated carbocycles. The molecule has 11 heteroatoms. The first-order valence-electron chi connectivity index (χ1n) is 12.1. The summed E-state index contributed by atoms with van der Waals surface area (Å²) in [7, 11) is 3.17. The van der Waals surface area contributed by atoms with Gasteiger partial charge in [0.05, 0.1) is 18.1 Å². The van der Waals surface area contributed by atoms with Crippen molar-refractivity contribution < 1.29 is 32.2 Å². The number of amides is 2. The van der Waals surface area contributed by atoms with Gasteiger partial charge in [-0.05, 0) is 37.1 Å². The summed E-state index contributed by atoms with van der Waals surface area (Å²) in [6.45, 7) is 4.14. The Balaban J connectivity index is 1.90. The van der Waals surface area contributed by atoms with Crippen LogP contribution in [-0.2, 0) is 4.74 Å². The number of hydrogen-bond acceptors (Lipinski definition) is 6. The van der Waals surface area contributed by atoms with Gasteiger partial charge in [-0.2, -0.15) is 13.2 Å². The van der Waals surface area contributed by atoms with Crippen molar-refractivity contribution in [1.82, 2.24) is 14.8 Å². The van der Waals surface area contributed by atoms with Crippen LogP contribution in [0.15, 0.2) is 42.6 Å². The normalized spacial score (nSPS) is 21.9. The highest BCUT2D eigenvalue weighted by Crippen LogP contribution is 2.28. The molecule has 0 aliphatic carbocycles. The van der Waals surface area contributed by atoms with Crippen molar-refractivity contribution in [2.24, 2.45) is 5.92 Å². The number of anilines is 1. The fraction of sp³-hybridized carbons (Fsp3) is 0.500. The van der Waals surface area contributed by atoms with Crippen molar-refractivity contribution in [2.75, 3.05) is 45.7 Å². The zero-order valence-corrected chi connectivity index (χ0v) is 21.4. The fourth-order valence-electron chi connectivity index (χ4n) is 4.20. The van der Waals surface area contributed by atoms with E-state index in [9.17, 15) is 22.8 Å². The van der Waals surface area contributed by atoms with Crippen molar-refractivity contribution in [3.63, 3.8) is 0 Å². The van der Waals surface area contributed by atoms with E-state index in [0.29, 0.717) is 12.2 Å². The SMILES string of the molecule is CO[C@@H]1CN(C)C(=O)c2ccc(NC(=O)c3ccccn3)cc2OC[C@@H](C)N(CCC(F)(F)F)C[C@H]1C. The monoisotopic (exact) mass is 522 g/mol. The third-order valence-corrected chi connectivity index (χ3v) is 6.41. The number of carbonyl (C=O) groups excluding carboxylic acids is 2. The van der Waals surface area contributed by atoms with Gasteiger partial charge in [-0.25, -0.2) is 0 Å². The molecule has 0 unspecified atom stereocenters.